The average Bonchev–Trinajstić information content (AvgIpc) is 3.83. The van der Waals surface area contributed by atoms with Crippen LogP contribution in [0.25, 0.3) is 10.9 Å². The molecule has 0 unspecified atom stereocenters. The number of nitrogens with zero attached hydrogens (tertiary/aromatic N) is 6. The highest BCUT2D eigenvalue weighted by Crippen LogP contribution is 2.59. The summed E-state index contributed by atoms with van der Waals surface area (Å²) in [5, 5.41) is 27.2. The summed E-state index contributed by atoms with van der Waals surface area (Å²) in [6, 6.07) is 8.64. The second-order valence-electron chi connectivity index (χ2n) is 12.3. The van der Waals surface area contributed by atoms with Crippen LogP contribution in [0.2, 0.25) is 5.02 Å². The van der Waals surface area contributed by atoms with Crippen molar-refractivity contribution >= 4 is 33.9 Å². The van der Waals surface area contributed by atoms with Crippen molar-refractivity contribution in [3.8, 4) is 6.07 Å². The first-order valence-electron chi connectivity index (χ1n) is 13.7. The lowest BCUT2D eigenvalue weighted by Gasteiger charge is -2.23. The summed E-state index contributed by atoms with van der Waals surface area (Å²) in [5.41, 5.74) is 4.59. The summed E-state index contributed by atoms with van der Waals surface area (Å²) in [7, 11) is 0. The lowest BCUT2D eigenvalue weighted by atomic mass is 9.96. The van der Waals surface area contributed by atoms with Gasteiger partial charge >= 0.3 is 0 Å². The Morgan fingerprint density at radius 2 is 2.02 bits per heavy atom. The topological polar surface area (TPSA) is 104 Å². The zero-order chi connectivity index (χ0) is 28.2. The largest absolute Gasteiger partial charge is 0.383 e. The van der Waals surface area contributed by atoms with Gasteiger partial charge in [-0.05, 0) is 62.1 Å². The smallest absolute Gasteiger partial charge is 0.213 e. The highest BCUT2D eigenvalue weighted by atomic mass is 35.5. The molecule has 8 nitrogen and oxygen atoms in total. The second-order valence-corrected chi connectivity index (χ2v) is 12.7. The molecule has 206 valence electrons. The third-order valence-corrected chi connectivity index (χ3v) is 8.21. The number of anilines is 2. The zero-order valence-corrected chi connectivity index (χ0v) is 23.8. The Morgan fingerprint density at radius 3 is 2.67 bits per heavy atom. The van der Waals surface area contributed by atoms with Crippen molar-refractivity contribution in [2.24, 2.45) is 11.3 Å². The van der Waals surface area contributed by atoms with Crippen LogP contribution in [0.1, 0.15) is 75.0 Å². The van der Waals surface area contributed by atoms with Gasteiger partial charge in [-0.3, -0.25) is 4.98 Å². The van der Waals surface area contributed by atoms with Gasteiger partial charge in [0.05, 0.1) is 39.6 Å². The van der Waals surface area contributed by atoms with Crippen molar-refractivity contribution in [2.45, 2.75) is 65.0 Å². The van der Waals surface area contributed by atoms with Crippen LogP contribution in [0, 0.1) is 35.5 Å². The van der Waals surface area contributed by atoms with Crippen LogP contribution in [-0.4, -0.2) is 31.5 Å². The minimum absolute atomic E-state index is 0.00854. The van der Waals surface area contributed by atoms with Crippen LogP contribution < -0.4 is 10.6 Å². The Balaban J connectivity index is 1.43. The minimum atomic E-state index is -0.534. The molecule has 0 aliphatic heterocycles. The number of pyridine rings is 2. The van der Waals surface area contributed by atoms with E-state index in [9.17, 15) is 9.65 Å². The molecule has 0 spiro atoms. The fourth-order valence-corrected chi connectivity index (χ4v) is 5.76. The Hall–Kier alpha value is -3.77. The molecular weight excluding hydrogens is 527 g/mol. The van der Waals surface area contributed by atoms with Crippen LogP contribution in [-0.2, 0) is 5.54 Å². The first-order valence-corrected chi connectivity index (χ1v) is 14.0. The number of nitrogens with one attached hydrogen (secondary N) is 2. The zero-order valence-electron chi connectivity index (χ0n) is 23.1. The van der Waals surface area contributed by atoms with Crippen molar-refractivity contribution in [3.63, 3.8) is 0 Å². The molecule has 1 aromatic carbocycles. The standard InChI is InChI=1S/C30H32ClFN8/c1-17-21(7-8-25(32)36-17)28(24-15-40(39-38-24)30(9-10-30)19-5-6-19)37-20-11-22-26(35-16-29(2,3)4)18(13-33)14-34-27(22)23(31)12-20/h7-8,11-12,14-15,19,28,37H,5-6,9-10,16H2,1-4H3,(H,34,35)/t28-/m0/s1. The quantitative estimate of drug-likeness (QED) is 0.230. The first-order chi connectivity index (χ1) is 19.1. The molecule has 0 saturated heterocycles. The number of fused-ring (bicyclic) bond motifs is 1. The average molecular weight is 559 g/mol. The Bertz CT molecular complexity index is 1640. The predicted molar refractivity (Wildman–Crippen MR) is 154 cm³/mol. The number of rotatable bonds is 8. The summed E-state index contributed by atoms with van der Waals surface area (Å²) < 4.78 is 16.0. The van der Waals surface area contributed by atoms with Gasteiger partial charge in [-0.2, -0.15) is 9.65 Å². The van der Waals surface area contributed by atoms with Crippen LogP contribution >= 0.6 is 11.6 Å². The van der Waals surface area contributed by atoms with E-state index < -0.39 is 12.0 Å². The summed E-state index contributed by atoms with van der Waals surface area (Å²) in [4.78, 5) is 8.55. The van der Waals surface area contributed by atoms with Crippen molar-refractivity contribution in [1.82, 2.24) is 25.0 Å². The Labute approximate surface area is 238 Å². The van der Waals surface area contributed by atoms with Crippen molar-refractivity contribution < 1.29 is 4.39 Å². The van der Waals surface area contributed by atoms with Gasteiger partial charge in [0.1, 0.15) is 11.8 Å². The monoisotopic (exact) mass is 558 g/mol. The molecule has 1 atom stereocenters. The van der Waals surface area contributed by atoms with E-state index >= 15 is 0 Å². The number of aromatic nitrogens is 5. The van der Waals surface area contributed by atoms with Gasteiger partial charge in [0.2, 0.25) is 5.95 Å². The van der Waals surface area contributed by atoms with Crippen LogP contribution in [0.15, 0.2) is 36.7 Å². The molecule has 3 heterocycles. The lowest BCUT2D eigenvalue weighted by molar-refractivity contribution is 0.371. The van der Waals surface area contributed by atoms with E-state index in [1.54, 1.807) is 19.2 Å². The van der Waals surface area contributed by atoms with E-state index in [2.05, 4.69) is 57.8 Å². The highest BCUT2D eigenvalue weighted by molar-refractivity contribution is 6.35. The first kappa shape index (κ1) is 26.5. The van der Waals surface area contributed by atoms with E-state index in [1.165, 1.54) is 18.9 Å². The molecule has 2 N–H and O–H groups in total. The fourth-order valence-electron chi connectivity index (χ4n) is 5.50. The fraction of sp³-hybridized carbons (Fsp3) is 0.433. The summed E-state index contributed by atoms with van der Waals surface area (Å²) >= 11 is 6.75. The molecule has 2 saturated carbocycles. The van der Waals surface area contributed by atoms with Crippen LogP contribution in [0.3, 0.4) is 0 Å². The normalized spacial score (nSPS) is 16.9. The molecule has 3 aromatic heterocycles. The molecule has 10 heteroatoms. The Morgan fingerprint density at radius 1 is 1.25 bits per heavy atom. The van der Waals surface area contributed by atoms with Crippen LogP contribution in [0.5, 0.6) is 0 Å². The summed E-state index contributed by atoms with van der Waals surface area (Å²) in [5.74, 6) is 0.135. The number of hydrogen-bond donors (Lipinski definition) is 2. The number of nitriles is 1. The summed E-state index contributed by atoms with van der Waals surface area (Å²) in [6.07, 6.45) is 8.27. The third kappa shape index (κ3) is 4.97. The maximum Gasteiger partial charge on any atom is 0.213 e. The van der Waals surface area contributed by atoms with Gasteiger partial charge in [-0.1, -0.05) is 43.7 Å². The Kier molecular flexibility index (Phi) is 6.42. The van der Waals surface area contributed by atoms with Gasteiger partial charge < -0.3 is 10.6 Å². The van der Waals surface area contributed by atoms with E-state index in [4.69, 9.17) is 11.6 Å². The molecule has 6 rings (SSSR count). The number of aryl methyl sites for hydroxylation is 1. The van der Waals surface area contributed by atoms with Gasteiger partial charge in [0.25, 0.3) is 0 Å². The van der Waals surface area contributed by atoms with Crippen molar-refractivity contribution in [1.29, 1.82) is 5.26 Å². The molecular formula is C30H32ClFN8. The molecule has 0 amide bonds. The van der Waals surface area contributed by atoms with Gasteiger partial charge in [0, 0.05) is 35.1 Å². The number of hydrogen-bond acceptors (Lipinski definition) is 7. The van der Waals surface area contributed by atoms with E-state index in [1.807, 2.05) is 23.0 Å². The number of benzene rings is 1. The highest BCUT2D eigenvalue weighted by Gasteiger charge is 2.56. The predicted octanol–water partition coefficient (Wildman–Crippen LogP) is 6.75. The molecule has 0 radical (unpaired) electrons. The van der Waals surface area contributed by atoms with E-state index in [0.29, 0.717) is 45.6 Å². The maximum absolute atomic E-state index is 14.0. The van der Waals surface area contributed by atoms with Crippen molar-refractivity contribution in [3.05, 3.63) is 70.1 Å². The van der Waals surface area contributed by atoms with E-state index in [-0.39, 0.29) is 11.0 Å². The molecule has 2 fully saturated rings. The van der Waals surface area contributed by atoms with E-state index in [0.717, 1.165) is 29.5 Å². The molecule has 0 bridgehead atoms. The van der Waals surface area contributed by atoms with Gasteiger partial charge in [0.15, 0.2) is 0 Å². The number of halogens is 2. The van der Waals surface area contributed by atoms with Crippen LogP contribution in [0.4, 0.5) is 15.8 Å². The molecule has 2 aliphatic carbocycles. The van der Waals surface area contributed by atoms with Crippen molar-refractivity contribution in [2.75, 3.05) is 17.2 Å². The van der Waals surface area contributed by atoms with Gasteiger partial charge in [-0.15, -0.1) is 5.10 Å². The molecule has 40 heavy (non-hydrogen) atoms. The molecule has 2 aliphatic rings. The third-order valence-electron chi connectivity index (χ3n) is 7.92. The SMILES string of the molecule is Cc1nc(F)ccc1[C@H](Nc1cc(Cl)c2ncc(C#N)c(NCC(C)(C)C)c2c1)c1cn(C2(C3CC3)CC2)nn1. The summed E-state index contributed by atoms with van der Waals surface area (Å²) in [6.45, 7) is 8.82. The van der Waals surface area contributed by atoms with Gasteiger partial charge in [-0.25, -0.2) is 9.67 Å². The molecule has 4 aromatic rings. The second kappa shape index (κ2) is 9.70. The minimum Gasteiger partial charge on any atom is -0.383 e. The maximum atomic E-state index is 14.0. The lowest BCUT2D eigenvalue weighted by Crippen LogP contribution is -2.20.